The molecule has 8 nitrogen and oxygen atoms in total. The van der Waals surface area contributed by atoms with Crippen molar-refractivity contribution < 1.29 is 23.7 Å². The number of esters is 1. The smallest absolute Gasteiger partial charge is 0.306 e. The largest absolute Gasteiger partial charge is 0.497 e. The molecule has 2 heterocycles. The van der Waals surface area contributed by atoms with Crippen LogP contribution in [0.5, 0.6) is 17.2 Å². The molecule has 2 aromatic carbocycles. The van der Waals surface area contributed by atoms with E-state index in [9.17, 15) is 9.59 Å². The Morgan fingerprint density at radius 2 is 1.89 bits per heavy atom. The molecule has 0 spiro atoms. The van der Waals surface area contributed by atoms with Gasteiger partial charge in [-0.05, 0) is 49.9 Å². The Hall–Kier alpha value is -3.68. The molecule has 0 saturated carbocycles. The number of benzene rings is 2. The molecule has 4 rings (SSSR count). The van der Waals surface area contributed by atoms with Crippen LogP contribution in [-0.2, 0) is 22.4 Å². The topological polar surface area (TPSA) is 103 Å². The number of hydrogen-bond donors (Lipinski definition) is 2. The average molecular weight is 481 g/mol. The van der Waals surface area contributed by atoms with Crippen molar-refractivity contribution in [3.05, 3.63) is 74.7 Å². The van der Waals surface area contributed by atoms with Crippen LogP contribution in [0.4, 0.5) is 0 Å². The number of aromatic nitrogens is 2. The van der Waals surface area contributed by atoms with Gasteiger partial charge in [-0.25, -0.2) is 0 Å². The highest BCUT2D eigenvalue weighted by Gasteiger charge is 2.30. The third-order valence-corrected chi connectivity index (χ3v) is 6.55. The van der Waals surface area contributed by atoms with Crippen LogP contribution < -0.4 is 19.8 Å². The Morgan fingerprint density at radius 3 is 2.60 bits per heavy atom. The summed E-state index contributed by atoms with van der Waals surface area (Å²) >= 11 is 0. The predicted molar refractivity (Wildman–Crippen MR) is 132 cm³/mol. The second-order valence-corrected chi connectivity index (χ2v) is 9.39. The maximum Gasteiger partial charge on any atom is 0.306 e. The van der Waals surface area contributed by atoms with E-state index in [2.05, 4.69) is 30.1 Å². The molecule has 1 aliphatic heterocycles. The van der Waals surface area contributed by atoms with E-state index < -0.39 is 11.9 Å². The molecule has 0 aliphatic carbocycles. The number of hydrogen-bond acceptors (Lipinski definition) is 6. The third kappa shape index (κ3) is 5.21. The summed E-state index contributed by atoms with van der Waals surface area (Å²) in [6.07, 6.45) is 2.34. The molecular weight excluding hydrogens is 448 g/mol. The van der Waals surface area contributed by atoms with Crippen LogP contribution in [0.25, 0.3) is 0 Å². The predicted octanol–water partition coefficient (Wildman–Crippen LogP) is 4.11. The van der Waals surface area contributed by atoms with Gasteiger partial charge < -0.3 is 24.0 Å². The van der Waals surface area contributed by atoms with Crippen LogP contribution in [0.15, 0.2) is 41.2 Å². The van der Waals surface area contributed by atoms with Crippen molar-refractivity contribution in [3.8, 4) is 17.2 Å². The van der Waals surface area contributed by atoms with Gasteiger partial charge in [-0.15, -0.1) is 0 Å². The maximum absolute atomic E-state index is 13.0. The highest BCUT2D eigenvalue weighted by molar-refractivity contribution is 5.72. The molecular formula is C27H32N2O6. The Balaban J connectivity index is 1.73. The van der Waals surface area contributed by atoms with E-state index in [0.29, 0.717) is 34.7 Å². The quantitative estimate of drug-likeness (QED) is 0.471. The molecule has 1 aromatic heterocycles. The molecule has 1 atom stereocenters. The normalized spacial score (nSPS) is 15.0. The first-order valence-corrected chi connectivity index (χ1v) is 11.6. The van der Waals surface area contributed by atoms with E-state index in [1.807, 2.05) is 18.2 Å². The highest BCUT2D eigenvalue weighted by Crippen LogP contribution is 2.38. The zero-order valence-corrected chi connectivity index (χ0v) is 20.8. The molecule has 0 amide bonds. The maximum atomic E-state index is 13.0. The molecule has 1 aliphatic rings. The van der Waals surface area contributed by atoms with E-state index >= 15 is 0 Å². The lowest BCUT2D eigenvalue weighted by Crippen LogP contribution is -2.32. The number of aryl methyl sites for hydroxylation is 1. The van der Waals surface area contributed by atoms with E-state index in [1.165, 1.54) is 7.11 Å². The second-order valence-electron chi connectivity index (χ2n) is 9.39. The van der Waals surface area contributed by atoms with Crippen LogP contribution in [-0.4, -0.2) is 43.1 Å². The minimum Gasteiger partial charge on any atom is -0.497 e. The summed E-state index contributed by atoms with van der Waals surface area (Å²) < 4.78 is 22.0. The number of fused-ring (bicyclic) bond motifs is 1. The van der Waals surface area contributed by atoms with Crippen molar-refractivity contribution in [2.24, 2.45) is 0 Å². The van der Waals surface area contributed by atoms with Crippen LogP contribution in [0, 0.1) is 0 Å². The number of methoxy groups -OCH3 is 3. The number of H-pyrrole nitrogens is 2. The Morgan fingerprint density at radius 1 is 1.09 bits per heavy atom. The first kappa shape index (κ1) is 24.4. The standard InChI is InChI=1S/C27H32N2O6/c1-27(2)11-10-17-12-16(6-9-22(17)35-27)13-21-25(26(31)29-28-21)20(15-24(30)34-5)19-8-7-18(32-3)14-23(19)33-4/h6-9,12,14,20H,10-11,13,15H2,1-5H3,(H2,28,29,31)/t20-/m0/s1. The lowest BCUT2D eigenvalue weighted by atomic mass is 9.86. The lowest BCUT2D eigenvalue weighted by molar-refractivity contribution is -0.140. The fraction of sp³-hybridized carbons (Fsp3) is 0.407. The zero-order chi connectivity index (χ0) is 25.2. The number of ether oxygens (including phenoxy) is 4. The van der Waals surface area contributed by atoms with Crippen molar-refractivity contribution >= 4 is 5.97 Å². The van der Waals surface area contributed by atoms with Crippen molar-refractivity contribution in [2.75, 3.05) is 21.3 Å². The summed E-state index contributed by atoms with van der Waals surface area (Å²) in [5.41, 5.74) is 3.63. The van der Waals surface area contributed by atoms with Crippen molar-refractivity contribution in [2.45, 2.75) is 51.0 Å². The van der Waals surface area contributed by atoms with Gasteiger partial charge in [0.05, 0.1) is 27.8 Å². The highest BCUT2D eigenvalue weighted by atomic mass is 16.5. The summed E-state index contributed by atoms with van der Waals surface area (Å²) in [6.45, 7) is 4.19. The summed E-state index contributed by atoms with van der Waals surface area (Å²) in [4.78, 5) is 25.4. The third-order valence-electron chi connectivity index (χ3n) is 6.55. The van der Waals surface area contributed by atoms with Gasteiger partial charge in [-0.3, -0.25) is 14.7 Å². The second kappa shape index (κ2) is 9.90. The van der Waals surface area contributed by atoms with Crippen LogP contribution in [0.1, 0.15) is 60.6 Å². The summed E-state index contributed by atoms with van der Waals surface area (Å²) in [7, 11) is 4.45. The molecule has 8 heteroatoms. The first-order valence-electron chi connectivity index (χ1n) is 11.6. The van der Waals surface area contributed by atoms with Crippen molar-refractivity contribution in [1.82, 2.24) is 10.2 Å². The molecule has 186 valence electrons. The number of aromatic amines is 2. The van der Waals surface area contributed by atoms with Gasteiger partial charge in [0.15, 0.2) is 0 Å². The van der Waals surface area contributed by atoms with E-state index in [4.69, 9.17) is 18.9 Å². The number of carbonyl (C=O) groups excluding carboxylic acids is 1. The van der Waals surface area contributed by atoms with Crippen LogP contribution in [0.3, 0.4) is 0 Å². The minimum absolute atomic E-state index is 0.0137. The van der Waals surface area contributed by atoms with E-state index in [-0.39, 0.29) is 17.6 Å². The van der Waals surface area contributed by atoms with Crippen LogP contribution >= 0.6 is 0 Å². The Labute approximate surface area is 204 Å². The van der Waals surface area contributed by atoms with Crippen molar-refractivity contribution in [3.63, 3.8) is 0 Å². The molecule has 0 unspecified atom stereocenters. The fourth-order valence-electron chi connectivity index (χ4n) is 4.66. The lowest BCUT2D eigenvalue weighted by Gasteiger charge is -2.32. The summed E-state index contributed by atoms with van der Waals surface area (Å²) in [5, 5.41) is 5.74. The fourth-order valence-corrected chi connectivity index (χ4v) is 4.66. The van der Waals surface area contributed by atoms with E-state index in [0.717, 1.165) is 29.7 Å². The average Bonchev–Trinajstić information content (AvgIpc) is 3.21. The Kier molecular flexibility index (Phi) is 6.91. The van der Waals surface area contributed by atoms with Crippen molar-refractivity contribution in [1.29, 1.82) is 0 Å². The molecule has 0 radical (unpaired) electrons. The zero-order valence-electron chi connectivity index (χ0n) is 20.8. The van der Waals surface area contributed by atoms with Gasteiger partial charge in [-0.1, -0.05) is 18.2 Å². The molecule has 2 N–H and O–H groups in total. The molecule has 0 bridgehead atoms. The first-order chi connectivity index (χ1) is 16.7. The van der Waals surface area contributed by atoms with Crippen LogP contribution in [0.2, 0.25) is 0 Å². The summed E-state index contributed by atoms with van der Waals surface area (Å²) in [5.74, 6) is 1.05. The SMILES string of the molecule is COC(=O)C[C@@H](c1ccc(OC)cc1OC)c1c(Cc2ccc3c(c2)CCC(C)(C)O3)[nH][nH]c1=O. The van der Waals surface area contributed by atoms with Gasteiger partial charge >= 0.3 is 5.97 Å². The molecule has 0 fully saturated rings. The summed E-state index contributed by atoms with van der Waals surface area (Å²) in [6, 6.07) is 11.5. The monoisotopic (exact) mass is 480 g/mol. The number of carbonyl (C=O) groups is 1. The molecule has 0 saturated heterocycles. The molecule has 35 heavy (non-hydrogen) atoms. The van der Waals surface area contributed by atoms with Gasteiger partial charge in [0.2, 0.25) is 0 Å². The minimum atomic E-state index is -0.574. The van der Waals surface area contributed by atoms with Gasteiger partial charge in [0, 0.05) is 35.2 Å². The van der Waals surface area contributed by atoms with Gasteiger partial charge in [0.1, 0.15) is 22.8 Å². The molecule has 3 aromatic rings. The van der Waals surface area contributed by atoms with Gasteiger partial charge in [-0.2, -0.15) is 0 Å². The number of rotatable bonds is 8. The number of nitrogens with one attached hydrogen (secondary N) is 2. The Bertz CT molecular complexity index is 1270. The van der Waals surface area contributed by atoms with E-state index in [1.54, 1.807) is 26.4 Å². The van der Waals surface area contributed by atoms with Gasteiger partial charge in [0.25, 0.3) is 5.56 Å².